The molecule has 0 unspecified atom stereocenters. The number of nitro benzene ring substituents is 1. The number of nitro groups is 1. The van der Waals surface area contributed by atoms with Crippen LogP contribution in [0.4, 0.5) is 14.5 Å². The van der Waals surface area contributed by atoms with Gasteiger partial charge in [-0.05, 0) is 36.2 Å². The maximum Gasteiger partial charge on any atom is 0.296 e. The molecule has 0 aliphatic carbocycles. The Labute approximate surface area is 216 Å². The predicted molar refractivity (Wildman–Crippen MR) is 139 cm³/mol. The molecule has 0 aliphatic heterocycles. The van der Waals surface area contributed by atoms with Crippen molar-refractivity contribution in [3.8, 4) is 22.5 Å². The van der Waals surface area contributed by atoms with Gasteiger partial charge in [0.2, 0.25) is 0 Å². The van der Waals surface area contributed by atoms with E-state index in [9.17, 15) is 24.1 Å². The van der Waals surface area contributed by atoms with Gasteiger partial charge in [0.05, 0.1) is 21.4 Å². The molecule has 2 amide bonds. The number of nitrogens with one attached hydrogen (secondary N) is 2. The lowest BCUT2D eigenvalue weighted by molar-refractivity contribution is -0.384. The van der Waals surface area contributed by atoms with E-state index < -0.39 is 50.8 Å². The van der Waals surface area contributed by atoms with E-state index in [0.717, 1.165) is 25.0 Å². The van der Waals surface area contributed by atoms with Crippen LogP contribution in [0.25, 0.3) is 33.4 Å². The monoisotopic (exact) mass is 521 g/mol. The van der Waals surface area contributed by atoms with E-state index >= 15 is 4.39 Å². The van der Waals surface area contributed by atoms with E-state index in [-0.39, 0.29) is 34.4 Å². The first-order valence-electron chi connectivity index (χ1n) is 12.1. The molecule has 2 N–H and O–H groups in total. The van der Waals surface area contributed by atoms with E-state index in [2.05, 4.69) is 10.6 Å². The number of rotatable bonds is 9. The second-order valence-electron chi connectivity index (χ2n) is 8.60. The molecule has 0 aliphatic rings. The standard InChI is InChI=1S/C28H25F2N3O5/c1-3-4-8-15-32-28(35)22-24(33(36)37)19(16-9-6-5-7-10-16)23(30)20-21(27(34)31-2)25(38-26(20)22)17-11-13-18(29)14-12-17/h5-7,9-14H,3-4,8,15H2,1-2H3,(H,31,34)(H,32,35). The minimum atomic E-state index is -1.09. The Kier molecular flexibility index (Phi) is 7.80. The first kappa shape index (κ1) is 26.5. The molecule has 8 nitrogen and oxygen atoms in total. The normalized spacial score (nSPS) is 10.9. The first-order chi connectivity index (χ1) is 18.3. The number of carbonyl (C=O) groups excluding carboxylic acids is 2. The number of furan rings is 1. The Morgan fingerprint density at radius 1 is 0.947 bits per heavy atom. The molecule has 1 heterocycles. The molecule has 0 saturated carbocycles. The van der Waals surface area contributed by atoms with Crippen molar-refractivity contribution in [1.29, 1.82) is 0 Å². The molecule has 4 aromatic rings. The molecule has 0 fully saturated rings. The molecule has 38 heavy (non-hydrogen) atoms. The highest BCUT2D eigenvalue weighted by Gasteiger charge is 2.38. The molecule has 0 atom stereocenters. The zero-order valence-corrected chi connectivity index (χ0v) is 20.8. The minimum Gasteiger partial charge on any atom is -0.454 e. The van der Waals surface area contributed by atoms with Gasteiger partial charge in [0.15, 0.2) is 11.1 Å². The molecule has 0 spiro atoms. The summed E-state index contributed by atoms with van der Waals surface area (Å²) in [6, 6.07) is 12.7. The van der Waals surface area contributed by atoms with E-state index in [4.69, 9.17) is 4.42 Å². The van der Waals surface area contributed by atoms with Crippen LogP contribution in [0.2, 0.25) is 0 Å². The molecule has 0 bridgehead atoms. The fraction of sp³-hybridized carbons (Fsp3) is 0.214. The van der Waals surface area contributed by atoms with Crippen molar-refractivity contribution in [2.24, 2.45) is 0 Å². The number of amides is 2. The number of fused-ring (bicyclic) bond motifs is 1. The van der Waals surface area contributed by atoms with Crippen molar-refractivity contribution < 1.29 is 27.7 Å². The highest BCUT2D eigenvalue weighted by molar-refractivity contribution is 6.19. The van der Waals surface area contributed by atoms with Gasteiger partial charge in [-0.3, -0.25) is 19.7 Å². The highest BCUT2D eigenvalue weighted by Crippen LogP contribution is 2.46. The maximum atomic E-state index is 16.4. The van der Waals surface area contributed by atoms with Crippen LogP contribution in [0.1, 0.15) is 46.9 Å². The van der Waals surface area contributed by atoms with Crippen LogP contribution < -0.4 is 10.6 Å². The number of hydrogen-bond donors (Lipinski definition) is 2. The van der Waals surface area contributed by atoms with Crippen molar-refractivity contribution in [1.82, 2.24) is 10.6 Å². The summed E-state index contributed by atoms with van der Waals surface area (Å²) in [7, 11) is 1.33. The number of benzene rings is 3. The molecule has 1 aromatic heterocycles. The lowest BCUT2D eigenvalue weighted by atomic mass is 9.94. The van der Waals surface area contributed by atoms with Crippen molar-refractivity contribution >= 4 is 28.5 Å². The molecule has 196 valence electrons. The van der Waals surface area contributed by atoms with E-state index in [1.165, 1.54) is 31.3 Å². The van der Waals surface area contributed by atoms with Crippen LogP contribution in [0.15, 0.2) is 59.0 Å². The third kappa shape index (κ3) is 4.84. The van der Waals surface area contributed by atoms with Crippen LogP contribution in [-0.4, -0.2) is 30.3 Å². The topological polar surface area (TPSA) is 114 Å². The summed E-state index contributed by atoms with van der Waals surface area (Å²) in [5.74, 6) is -3.37. The molecular weight excluding hydrogens is 496 g/mol. The maximum absolute atomic E-state index is 16.4. The van der Waals surface area contributed by atoms with Gasteiger partial charge in [-0.15, -0.1) is 0 Å². The summed E-state index contributed by atoms with van der Waals surface area (Å²) in [5.41, 5.74) is -2.07. The summed E-state index contributed by atoms with van der Waals surface area (Å²) in [6.07, 6.45) is 2.35. The summed E-state index contributed by atoms with van der Waals surface area (Å²) >= 11 is 0. The Morgan fingerprint density at radius 2 is 1.63 bits per heavy atom. The molecule has 10 heteroatoms. The Bertz CT molecular complexity index is 1520. The lowest BCUT2D eigenvalue weighted by Gasteiger charge is -2.12. The van der Waals surface area contributed by atoms with Gasteiger partial charge in [-0.25, -0.2) is 8.78 Å². The fourth-order valence-electron chi connectivity index (χ4n) is 4.35. The predicted octanol–water partition coefficient (Wildman–Crippen LogP) is 6.23. The Hall–Kier alpha value is -4.60. The lowest BCUT2D eigenvalue weighted by Crippen LogP contribution is -2.26. The van der Waals surface area contributed by atoms with Crippen LogP contribution in [-0.2, 0) is 0 Å². The fourth-order valence-corrected chi connectivity index (χ4v) is 4.35. The van der Waals surface area contributed by atoms with Gasteiger partial charge in [0.1, 0.15) is 17.4 Å². The summed E-state index contributed by atoms with van der Waals surface area (Å²) in [4.78, 5) is 38.0. The van der Waals surface area contributed by atoms with Gasteiger partial charge in [-0.2, -0.15) is 0 Å². The summed E-state index contributed by atoms with van der Waals surface area (Å²) < 4.78 is 35.9. The Morgan fingerprint density at radius 3 is 2.24 bits per heavy atom. The first-order valence-corrected chi connectivity index (χ1v) is 12.1. The molecule has 4 rings (SSSR count). The number of carbonyl (C=O) groups is 2. The van der Waals surface area contributed by atoms with Gasteiger partial charge in [0.25, 0.3) is 17.5 Å². The van der Waals surface area contributed by atoms with E-state index in [1.807, 2.05) is 6.92 Å². The second kappa shape index (κ2) is 11.2. The molecule has 3 aromatic carbocycles. The van der Waals surface area contributed by atoms with Crippen molar-refractivity contribution in [3.05, 3.63) is 87.5 Å². The van der Waals surface area contributed by atoms with Crippen LogP contribution >= 0.6 is 0 Å². The number of halogens is 2. The average Bonchev–Trinajstić information content (AvgIpc) is 3.32. The van der Waals surface area contributed by atoms with Gasteiger partial charge in [0, 0.05) is 19.2 Å². The van der Waals surface area contributed by atoms with Crippen LogP contribution in [0.5, 0.6) is 0 Å². The van der Waals surface area contributed by atoms with Crippen molar-refractivity contribution in [2.75, 3.05) is 13.6 Å². The third-order valence-corrected chi connectivity index (χ3v) is 6.15. The van der Waals surface area contributed by atoms with E-state index in [1.54, 1.807) is 18.2 Å². The minimum absolute atomic E-state index is 0.144. The third-order valence-electron chi connectivity index (χ3n) is 6.15. The molecular formula is C28H25F2N3O5. The van der Waals surface area contributed by atoms with Crippen LogP contribution in [0.3, 0.4) is 0 Å². The average molecular weight is 522 g/mol. The SMILES string of the molecule is CCCCCNC(=O)c1c([N+](=O)[O-])c(-c2ccccc2)c(F)c2c(C(=O)NC)c(-c3ccc(F)cc3)oc12. The van der Waals surface area contributed by atoms with Crippen molar-refractivity contribution in [3.63, 3.8) is 0 Å². The van der Waals surface area contributed by atoms with Gasteiger partial charge < -0.3 is 15.1 Å². The van der Waals surface area contributed by atoms with Gasteiger partial charge in [-0.1, -0.05) is 50.1 Å². The largest absolute Gasteiger partial charge is 0.454 e. The zero-order chi connectivity index (χ0) is 27.4. The number of unbranched alkanes of at least 4 members (excludes halogenated alkanes) is 2. The smallest absolute Gasteiger partial charge is 0.296 e. The van der Waals surface area contributed by atoms with E-state index in [0.29, 0.717) is 6.42 Å². The second-order valence-corrected chi connectivity index (χ2v) is 8.60. The van der Waals surface area contributed by atoms with Crippen LogP contribution in [0, 0.1) is 21.7 Å². The molecule has 0 saturated heterocycles. The quantitative estimate of drug-likeness (QED) is 0.154. The number of hydrogen-bond acceptors (Lipinski definition) is 5. The van der Waals surface area contributed by atoms with Gasteiger partial charge >= 0.3 is 0 Å². The molecule has 0 radical (unpaired) electrons. The van der Waals surface area contributed by atoms with Crippen molar-refractivity contribution in [2.45, 2.75) is 26.2 Å². The summed E-state index contributed by atoms with van der Waals surface area (Å²) in [6.45, 7) is 2.22. The Balaban J connectivity index is 2.14. The highest BCUT2D eigenvalue weighted by atomic mass is 19.1. The zero-order valence-electron chi connectivity index (χ0n) is 20.8. The summed E-state index contributed by atoms with van der Waals surface area (Å²) in [5, 5.41) is 17.1. The number of nitrogens with zero attached hydrogens (tertiary/aromatic N) is 1.